The van der Waals surface area contributed by atoms with Crippen LogP contribution in [-0.2, 0) is 4.79 Å². The van der Waals surface area contributed by atoms with E-state index in [1.165, 1.54) is 0 Å². The van der Waals surface area contributed by atoms with E-state index in [1.807, 2.05) is 18.2 Å². The van der Waals surface area contributed by atoms with Crippen LogP contribution in [0.3, 0.4) is 0 Å². The van der Waals surface area contributed by atoms with Crippen LogP contribution in [0.5, 0.6) is 11.5 Å². The molecule has 0 aliphatic rings. The fourth-order valence-corrected chi connectivity index (χ4v) is 3.13. The lowest BCUT2D eigenvalue weighted by Crippen LogP contribution is -2.49. The molecule has 0 saturated heterocycles. The lowest BCUT2D eigenvalue weighted by atomic mass is 10.0. The van der Waals surface area contributed by atoms with Crippen molar-refractivity contribution in [1.82, 2.24) is 16.2 Å². The number of halogens is 1. The molecule has 9 heteroatoms. The number of carbonyl (C=O) groups is 2. The fraction of sp³-hybridized carbons (Fsp3) is 0.348. The molecule has 2 aromatic rings. The van der Waals surface area contributed by atoms with Gasteiger partial charge in [-0.1, -0.05) is 33.8 Å². The van der Waals surface area contributed by atoms with Gasteiger partial charge in [-0.3, -0.25) is 25.8 Å². The SMILES string of the molecule is CC(C)COc1ccc(C(=O)NC(=S)NNC(=O)COc2ccc(C(C)C)cc2Br)cc1. The van der Waals surface area contributed by atoms with Gasteiger partial charge in [-0.05, 0) is 81.9 Å². The Balaban J connectivity index is 1.75. The Morgan fingerprint density at radius 1 is 1.00 bits per heavy atom. The highest BCUT2D eigenvalue weighted by Gasteiger charge is 2.11. The minimum absolute atomic E-state index is 0.0362. The molecule has 2 aromatic carbocycles. The average Bonchev–Trinajstić information content (AvgIpc) is 2.75. The molecule has 2 amide bonds. The fourth-order valence-electron chi connectivity index (χ4n) is 2.47. The number of carbonyl (C=O) groups excluding carboxylic acids is 2. The van der Waals surface area contributed by atoms with Gasteiger partial charge in [0.25, 0.3) is 11.8 Å². The third-order valence-corrected chi connectivity index (χ3v) is 5.05. The monoisotopic (exact) mass is 521 g/mol. The Labute approximate surface area is 202 Å². The van der Waals surface area contributed by atoms with Gasteiger partial charge in [0.2, 0.25) is 0 Å². The second kappa shape index (κ2) is 12.4. The van der Waals surface area contributed by atoms with E-state index in [2.05, 4.69) is 59.8 Å². The molecular weight excluding hydrogens is 494 g/mol. The molecule has 172 valence electrons. The van der Waals surface area contributed by atoms with Crippen molar-refractivity contribution in [1.29, 1.82) is 0 Å². The molecule has 3 N–H and O–H groups in total. The first kappa shape index (κ1) is 25.6. The maximum Gasteiger partial charge on any atom is 0.276 e. The highest BCUT2D eigenvalue weighted by atomic mass is 79.9. The smallest absolute Gasteiger partial charge is 0.276 e. The summed E-state index contributed by atoms with van der Waals surface area (Å²) in [6.45, 7) is 8.69. The normalized spacial score (nSPS) is 10.6. The summed E-state index contributed by atoms with van der Waals surface area (Å²) in [5, 5.41) is 2.46. The molecule has 0 spiro atoms. The third kappa shape index (κ3) is 8.47. The molecule has 0 unspecified atom stereocenters. The second-order valence-electron chi connectivity index (χ2n) is 7.82. The molecule has 0 aliphatic heterocycles. The Hall–Kier alpha value is -2.65. The van der Waals surface area contributed by atoms with E-state index >= 15 is 0 Å². The van der Waals surface area contributed by atoms with Gasteiger partial charge in [-0.2, -0.15) is 0 Å². The maximum absolute atomic E-state index is 12.3. The van der Waals surface area contributed by atoms with Gasteiger partial charge >= 0.3 is 0 Å². The minimum Gasteiger partial charge on any atom is -0.493 e. The van der Waals surface area contributed by atoms with Crippen LogP contribution in [0.4, 0.5) is 0 Å². The summed E-state index contributed by atoms with van der Waals surface area (Å²) in [7, 11) is 0. The van der Waals surface area contributed by atoms with Crippen molar-refractivity contribution in [2.24, 2.45) is 5.92 Å². The van der Waals surface area contributed by atoms with Crippen LogP contribution in [-0.4, -0.2) is 30.1 Å². The first-order valence-electron chi connectivity index (χ1n) is 10.2. The molecular formula is C23H28BrN3O4S. The van der Waals surface area contributed by atoms with Gasteiger partial charge in [0.05, 0.1) is 11.1 Å². The molecule has 0 saturated carbocycles. The summed E-state index contributed by atoms with van der Waals surface area (Å²) in [5.74, 6) is 1.19. The Kier molecular flexibility index (Phi) is 9.93. The van der Waals surface area contributed by atoms with Crippen molar-refractivity contribution in [3.8, 4) is 11.5 Å². The summed E-state index contributed by atoms with van der Waals surface area (Å²) in [5.41, 5.74) is 6.45. The zero-order chi connectivity index (χ0) is 23.7. The van der Waals surface area contributed by atoms with Gasteiger partial charge in [-0.15, -0.1) is 0 Å². The van der Waals surface area contributed by atoms with Crippen LogP contribution >= 0.6 is 28.1 Å². The highest BCUT2D eigenvalue weighted by Crippen LogP contribution is 2.28. The summed E-state index contributed by atoms with van der Waals surface area (Å²) >= 11 is 8.50. The van der Waals surface area contributed by atoms with Crippen molar-refractivity contribution < 1.29 is 19.1 Å². The number of hydrogen-bond donors (Lipinski definition) is 3. The molecule has 0 atom stereocenters. The van der Waals surface area contributed by atoms with Gasteiger partial charge < -0.3 is 9.47 Å². The van der Waals surface area contributed by atoms with Crippen LogP contribution < -0.4 is 25.6 Å². The summed E-state index contributed by atoms with van der Waals surface area (Å²) < 4.78 is 11.9. The first-order valence-corrected chi connectivity index (χ1v) is 11.4. The van der Waals surface area contributed by atoms with Crippen LogP contribution in [0.15, 0.2) is 46.9 Å². The Morgan fingerprint density at radius 2 is 1.69 bits per heavy atom. The van der Waals surface area contributed by atoms with Crippen LogP contribution in [0.2, 0.25) is 0 Å². The van der Waals surface area contributed by atoms with Crippen molar-refractivity contribution in [3.05, 3.63) is 58.1 Å². The number of amides is 2. The molecule has 0 aromatic heterocycles. The lowest BCUT2D eigenvalue weighted by Gasteiger charge is -2.13. The molecule has 0 bridgehead atoms. The van der Waals surface area contributed by atoms with Crippen LogP contribution in [0.25, 0.3) is 0 Å². The standard InChI is InChI=1S/C23H28BrN3O4S/c1-14(2)12-30-18-8-5-16(6-9-18)22(29)25-23(32)27-26-21(28)13-31-20-10-7-17(15(3)4)11-19(20)24/h5-11,14-15H,12-13H2,1-4H3,(H,26,28)(H2,25,27,29,32). The number of thiocarbonyl (C=S) groups is 1. The summed E-state index contributed by atoms with van der Waals surface area (Å²) in [4.78, 5) is 24.3. The average molecular weight is 522 g/mol. The molecule has 0 heterocycles. The second-order valence-corrected chi connectivity index (χ2v) is 9.08. The lowest BCUT2D eigenvalue weighted by molar-refractivity contribution is -0.123. The predicted octanol–water partition coefficient (Wildman–Crippen LogP) is 4.32. The van der Waals surface area contributed by atoms with E-state index in [0.29, 0.717) is 35.5 Å². The zero-order valence-electron chi connectivity index (χ0n) is 18.5. The topological polar surface area (TPSA) is 88.7 Å². The van der Waals surface area contributed by atoms with Crippen molar-refractivity contribution >= 4 is 45.1 Å². The van der Waals surface area contributed by atoms with Gasteiger partial charge in [0.15, 0.2) is 11.7 Å². The molecule has 0 aliphatic carbocycles. The number of ether oxygens (including phenoxy) is 2. The Morgan fingerprint density at radius 3 is 2.28 bits per heavy atom. The van der Waals surface area contributed by atoms with Crippen molar-refractivity contribution in [3.63, 3.8) is 0 Å². The van der Waals surface area contributed by atoms with Crippen LogP contribution in [0.1, 0.15) is 49.5 Å². The minimum atomic E-state index is -0.451. The quantitative estimate of drug-likeness (QED) is 0.354. The number of hydrazine groups is 1. The third-order valence-electron chi connectivity index (χ3n) is 4.22. The van der Waals surface area contributed by atoms with E-state index in [9.17, 15) is 9.59 Å². The number of rotatable bonds is 8. The van der Waals surface area contributed by atoms with Crippen molar-refractivity contribution in [2.75, 3.05) is 13.2 Å². The van der Waals surface area contributed by atoms with Gasteiger partial charge in [0, 0.05) is 5.56 Å². The van der Waals surface area contributed by atoms with E-state index in [-0.39, 0.29) is 11.7 Å². The Bertz CT molecular complexity index is 949. The predicted molar refractivity (Wildman–Crippen MR) is 132 cm³/mol. The summed E-state index contributed by atoms with van der Waals surface area (Å²) in [6, 6.07) is 12.4. The van der Waals surface area contributed by atoms with Crippen molar-refractivity contribution in [2.45, 2.75) is 33.6 Å². The maximum atomic E-state index is 12.3. The number of hydrogen-bond acceptors (Lipinski definition) is 5. The van der Waals surface area contributed by atoms with E-state index < -0.39 is 11.8 Å². The molecule has 0 fully saturated rings. The molecule has 7 nitrogen and oxygen atoms in total. The van der Waals surface area contributed by atoms with Gasteiger partial charge in [0.1, 0.15) is 11.5 Å². The number of nitrogens with one attached hydrogen (secondary N) is 3. The molecule has 0 radical (unpaired) electrons. The highest BCUT2D eigenvalue weighted by molar-refractivity contribution is 9.10. The largest absolute Gasteiger partial charge is 0.493 e. The molecule has 32 heavy (non-hydrogen) atoms. The van der Waals surface area contributed by atoms with Crippen LogP contribution in [0, 0.1) is 5.92 Å². The molecule has 2 rings (SSSR count). The van der Waals surface area contributed by atoms with E-state index in [1.54, 1.807) is 24.3 Å². The van der Waals surface area contributed by atoms with E-state index in [0.717, 1.165) is 10.0 Å². The van der Waals surface area contributed by atoms with Gasteiger partial charge in [-0.25, -0.2) is 0 Å². The summed E-state index contributed by atoms with van der Waals surface area (Å²) in [6.07, 6.45) is 0. The number of benzene rings is 2. The first-order chi connectivity index (χ1) is 15.2. The van der Waals surface area contributed by atoms with E-state index in [4.69, 9.17) is 21.7 Å². The zero-order valence-corrected chi connectivity index (χ0v) is 20.9.